The Balaban J connectivity index is 2.45. The van der Waals surface area contributed by atoms with Crippen molar-refractivity contribution in [3.63, 3.8) is 0 Å². The first-order valence-electron chi connectivity index (χ1n) is 6.04. The van der Waals surface area contributed by atoms with E-state index in [0.29, 0.717) is 25.1 Å². The summed E-state index contributed by atoms with van der Waals surface area (Å²) in [4.78, 5) is 26.7. The molecule has 2 N–H and O–H groups in total. The van der Waals surface area contributed by atoms with Crippen LogP contribution in [0.4, 0.5) is 0 Å². The fourth-order valence-electron chi connectivity index (χ4n) is 1.60. The molecule has 0 spiro atoms. The summed E-state index contributed by atoms with van der Waals surface area (Å²) in [5, 5.41) is 11.5. The van der Waals surface area contributed by atoms with Gasteiger partial charge in [-0.05, 0) is 25.0 Å². The van der Waals surface area contributed by atoms with Crippen LogP contribution in [-0.4, -0.2) is 41.7 Å². The lowest BCUT2D eigenvalue weighted by atomic mass is 10.1. The maximum absolute atomic E-state index is 11.7. The number of hydrogen-bond acceptors (Lipinski definition) is 4. The number of methoxy groups -OCH3 is 1. The van der Waals surface area contributed by atoms with Crippen molar-refractivity contribution in [2.45, 2.75) is 25.3 Å². The number of carbonyl (C=O) groups is 2. The van der Waals surface area contributed by atoms with Gasteiger partial charge in [0.25, 0.3) is 0 Å². The van der Waals surface area contributed by atoms with Gasteiger partial charge in [-0.3, -0.25) is 9.78 Å². The van der Waals surface area contributed by atoms with Gasteiger partial charge in [0.1, 0.15) is 6.04 Å². The molecule has 1 aromatic heterocycles. The highest BCUT2D eigenvalue weighted by Gasteiger charge is 2.19. The van der Waals surface area contributed by atoms with Crippen molar-refractivity contribution < 1.29 is 19.4 Å². The lowest BCUT2D eigenvalue weighted by molar-refractivity contribution is -0.142. The number of pyridine rings is 1. The maximum Gasteiger partial charge on any atom is 0.326 e. The molecule has 1 aromatic rings. The molecule has 1 rings (SSSR count). The molecule has 19 heavy (non-hydrogen) atoms. The topological polar surface area (TPSA) is 88.5 Å². The van der Waals surface area contributed by atoms with E-state index < -0.39 is 12.0 Å². The predicted molar refractivity (Wildman–Crippen MR) is 68.6 cm³/mol. The minimum Gasteiger partial charge on any atom is -0.480 e. The summed E-state index contributed by atoms with van der Waals surface area (Å²) in [6.07, 6.45) is 2.60. The van der Waals surface area contributed by atoms with Crippen LogP contribution in [0.25, 0.3) is 0 Å². The third kappa shape index (κ3) is 5.96. The Morgan fingerprint density at radius 2 is 2.26 bits per heavy atom. The van der Waals surface area contributed by atoms with Gasteiger partial charge >= 0.3 is 5.97 Å². The third-order valence-electron chi connectivity index (χ3n) is 2.54. The van der Waals surface area contributed by atoms with Gasteiger partial charge in [-0.2, -0.15) is 0 Å². The van der Waals surface area contributed by atoms with Crippen molar-refractivity contribution in [1.82, 2.24) is 10.3 Å². The molecule has 0 radical (unpaired) electrons. The van der Waals surface area contributed by atoms with E-state index >= 15 is 0 Å². The zero-order valence-electron chi connectivity index (χ0n) is 10.8. The molecular formula is C13H18N2O4. The molecule has 0 saturated heterocycles. The van der Waals surface area contributed by atoms with Crippen molar-refractivity contribution in [3.8, 4) is 0 Å². The van der Waals surface area contributed by atoms with E-state index in [1.54, 1.807) is 31.5 Å². The minimum absolute atomic E-state index is 0.0783. The second-order valence-corrected chi connectivity index (χ2v) is 4.09. The van der Waals surface area contributed by atoms with Crippen LogP contribution in [0.15, 0.2) is 24.4 Å². The molecule has 6 heteroatoms. The van der Waals surface area contributed by atoms with Crippen LogP contribution in [0, 0.1) is 0 Å². The standard InChI is InChI=1S/C13H18N2O4/c1-19-8-4-6-11(13(17)18)15-12(16)9-10-5-2-3-7-14-10/h2-3,5,7,11H,4,6,8-9H2,1H3,(H,15,16)(H,17,18). The lowest BCUT2D eigenvalue weighted by Crippen LogP contribution is -2.41. The van der Waals surface area contributed by atoms with Gasteiger partial charge in [0.05, 0.1) is 6.42 Å². The zero-order valence-corrected chi connectivity index (χ0v) is 10.8. The number of ether oxygens (including phenoxy) is 1. The van der Waals surface area contributed by atoms with Crippen molar-refractivity contribution >= 4 is 11.9 Å². The van der Waals surface area contributed by atoms with Gasteiger partial charge < -0.3 is 15.2 Å². The summed E-state index contributed by atoms with van der Waals surface area (Å²) in [6, 6.07) is 4.38. The second-order valence-electron chi connectivity index (χ2n) is 4.09. The minimum atomic E-state index is -1.04. The molecule has 1 amide bonds. The van der Waals surface area contributed by atoms with Gasteiger partial charge in [0.2, 0.25) is 5.91 Å². The van der Waals surface area contributed by atoms with Crippen LogP contribution in [-0.2, 0) is 20.7 Å². The van der Waals surface area contributed by atoms with Gasteiger partial charge in [-0.15, -0.1) is 0 Å². The number of hydrogen-bond donors (Lipinski definition) is 2. The number of aromatic nitrogens is 1. The number of rotatable bonds is 8. The van der Waals surface area contributed by atoms with E-state index in [2.05, 4.69) is 10.3 Å². The molecule has 0 aliphatic rings. The summed E-state index contributed by atoms with van der Waals surface area (Å²) in [5.74, 6) is -1.38. The van der Waals surface area contributed by atoms with Crippen molar-refractivity contribution in [3.05, 3.63) is 30.1 Å². The van der Waals surface area contributed by atoms with E-state index in [4.69, 9.17) is 9.84 Å². The van der Waals surface area contributed by atoms with Gasteiger partial charge in [0, 0.05) is 25.6 Å². The van der Waals surface area contributed by atoms with E-state index in [0.717, 1.165) is 0 Å². The zero-order chi connectivity index (χ0) is 14.1. The number of nitrogens with zero attached hydrogens (tertiary/aromatic N) is 1. The summed E-state index contributed by atoms with van der Waals surface area (Å²) < 4.78 is 4.86. The highest BCUT2D eigenvalue weighted by atomic mass is 16.5. The van der Waals surface area contributed by atoms with Crippen LogP contribution < -0.4 is 5.32 Å². The fourth-order valence-corrected chi connectivity index (χ4v) is 1.60. The normalized spacial score (nSPS) is 11.8. The molecule has 6 nitrogen and oxygen atoms in total. The van der Waals surface area contributed by atoms with Crippen LogP contribution in [0.2, 0.25) is 0 Å². The third-order valence-corrected chi connectivity index (χ3v) is 2.54. The highest BCUT2D eigenvalue weighted by Crippen LogP contribution is 2.00. The number of carboxylic acids is 1. The molecule has 0 aliphatic heterocycles. The first kappa shape index (κ1) is 15.1. The average molecular weight is 266 g/mol. The van der Waals surface area contributed by atoms with E-state index in [9.17, 15) is 9.59 Å². The molecule has 104 valence electrons. The monoisotopic (exact) mass is 266 g/mol. The molecule has 0 aliphatic carbocycles. The molecule has 0 bridgehead atoms. The van der Waals surface area contributed by atoms with Gasteiger partial charge in [-0.1, -0.05) is 6.07 Å². The fraction of sp³-hybridized carbons (Fsp3) is 0.462. The van der Waals surface area contributed by atoms with Crippen LogP contribution in [0.5, 0.6) is 0 Å². The summed E-state index contributed by atoms with van der Waals surface area (Å²) in [5.41, 5.74) is 0.612. The molecule has 0 fully saturated rings. The molecule has 0 aromatic carbocycles. The molecule has 1 heterocycles. The number of carbonyl (C=O) groups excluding carboxylic acids is 1. The number of amides is 1. The Bertz CT molecular complexity index is 408. The molecule has 1 atom stereocenters. The van der Waals surface area contributed by atoms with Gasteiger partial charge in [-0.25, -0.2) is 4.79 Å². The van der Waals surface area contributed by atoms with Gasteiger partial charge in [0.15, 0.2) is 0 Å². The number of nitrogens with one attached hydrogen (secondary N) is 1. The summed E-state index contributed by atoms with van der Waals surface area (Å²) in [7, 11) is 1.55. The van der Waals surface area contributed by atoms with E-state index in [1.165, 1.54) is 0 Å². The number of carboxylic acid groups (broad SMARTS) is 1. The Morgan fingerprint density at radius 1 is 1.47 bits per heavy atom. The quantitative estimate of drug-likeness (QED) is 0.673. The average Bonchev–Trinajstić information content (AvgIpc) is 2.38. The summed E-state index contributed by atoms with van der Waals surface area (Å²) >= 11 is 0. The van der Waals surface area contributed by atoms with Crippen molar-refractivity contribution in [2.24, 2.45) is 0 Å². The number of aliphatic carboxylic acids is 1. The smallest absolute Gasteiger partial charge is 0.326 e. The maximum atomic E-state index is 11.7. The molecule has 0 saturated carbocycles. The molecular weight excluding hydrogens is 248 g/mol. The Kier molecular flexibility index (Phi) is 6.52. The SMILES string of the molecule is COCCCC(NC(=O)Cc1ccccn1)C(=O)O. The van der Waals surface area contributed by atoms with E-state index in [1.807, 2.05) is 0 Å². The first-order valence-corrected chi connectivity index (χ1v) is 6.04. The van der Waals surface area contributed by atoms with Crippen LogP contribution in [0.1, 0.15) is 18.5 Å². The predicted octanol–water partition coefficient (Wildman–Crippen LogP) is 0.620. The lowest BCUT2D eigenvalue weighted by Gasteiger charge is -2.14. The Morgan fingerprint density at radius 3 is 2.84 bits per heavy atom. The van der Waals surface area contributed by atoms with Crippen molar-refractivity contribution in [2.75, 3.05) is 13.7 Å². The summed E-state index contributed by atoms with van der Waals surface area (Å²) in [6.45, 7) is 0.472. The van der Waals surface area contributed by atoms with Crippen LogP contribution in [0.3, 0.4) is 0 Å². The Labute approximate surface area is 111 Å². The first-order chi connectivity index (χ1) is 9.13. The van der Waals surface area contributed by atoms with Crippen molar-refractivity contribution in [1.29, 1.82) is 0 Å². The molecule has 1 unspecified atom stereocenters. The van der Waals surface area contributed by atoms with Crippen LogP contribution >= 0.6 is 0 Å². The van der Waals surface area contributed by atoms with E-state index in [-0.39, 0.29) is 12.3 Å². The highest BCUT2D eigenvalue weighted by molar-refractivity contribution is 5.84. The largest absolute Gasteiger partial charge is 0.480 e. The second kappa shape index (κ2) is 8.20. The Hall–Kier alpha value is -1.95.